The number of carbonyl (C=O) groups excluding carboxylic acids is 2. The van der Waals surface area contributed by atoms with Gasteiger partial charge in [-0.15, -0.1) is 0 Å². The van der Waals surface area contributed by atoms with Crippen LogP contribution in [0.5, 0.6) is 0 Å². The molecule has 1 aliphatic rings. The average Bonchev–Trinajstić information content (AvgIpc) is 3.07. The number of aromatic amines is 1. The normalized spacial score (nSPS) is 17.7. The van der Waals surface area contributed by atoms with Gasteiger partial charge in [0.25, 0.3) is 0 Å². The Bertz CT molecular complexity index is 742. The van der Waals surface area contributed by atoms with Crippen molar-refractivity contribution in [3.63, 3.8) is 0 Å². The second kappa shape index (κ2) is 6.82. The summed E-state index contributed by atoms with van der Waals surface area (Å²) in [5.74, 6) is -1.47. The van der Waals surface area contributed by atoms with E-state index in [1.165, 1.54) is 31.4 Å². The molecule has 0 fully saturated rings. The number of hydrogen-bond donors (Lipinski definition) is 2. The van der Waals surface area contributed by atoms with Gasteiger partial charge in [-0.05, 0) is 30.5 Å². The molecule has 0 spiro atoms. The van der Waals surface area contributed by atoms with Crippen LogP contribution in [0.3, 0.4) is 0 Å². The minimum absolute atomic E-state index is 0.227. The van der Waals surface area contributed by atoms with Gasteiger partial charge < -0.3 is 15.0 Å². The van der Waals surface area contributed by atoms with E-state index in [9.17, 15) is 14.0 Å². The van der Waals surface area contributed by atoms with Crippen molar-refractivity contribution in [2.45, 2.75) is 25.3 Å². The molecule has 24 heavy (non-hydrogen) atoms. The molecule has 2 atom stereocenters. The van der Waals surface area contributed by atoms with E-state index in [-0.39, 0.29) is 11.8 Å². The largest absolute Gasteiger partial charge is 0.467 e. The SMILES string of the molecule is COC(=O)C(NC(=O)C1CCc2nc[nH]c2C1)c1ccc(F)cc1. The number of aromatic nitrogens is 2. The van der Waals surface area contributed by atoms with Crippen molar-refractivity contribution < 1.29 is 18.7 Å². The highest BCUT2D eigenvalue weighted by Crippen LogP contribution is 2.24. The standard InChI is InChI=1S/C17H18FN3O3/c1-24-17(23)15(10-2-5-12(18)6-3-10)21-16(22)11-4-7-13-14(8-11)20-9-19-13/h2-3,5-6,9,11,15H,4,7-8H2,1H3,(H,19,20)(H,21,22). The van der Waals surface area contributed by atoms with Crippen molar-refractivity contribution >= 4 is 11.9 Å². The number of imidazole rings is 1. The van der Waals surface area contributed by atoms with E-state index in [1.807, 2.05) is 0 Å². The number of amides is 1. The first kappa shape index (κ1) is 16.2. The molecule has 0 bridgehead atoms. The van der Waals surface area contributed by atoms with Gasteiger partial charge in [0.1, 0.15) is 5.82 Å². The molecule has 126 valence electrons. The van der Waals surface area contributed by atoms with E-state index in [0.29, 0.717) is 18.4 Å². The van der Waals surface area contributed by atoms with Crippen molar-refractivity contribution in [3.8, 4) is 0 Å². The number of aryl methyl sites for hydroxylation is 1. The first-order valence-electron chi connectivity index (χ1n) is 7.73. The van der Waals surface area contributed by atoms with Crippen LogP contribution >= 0.6 is 0 Å². The Hall–Kier alpha value is -2.70. The van der Waals surface area contributed by atoms with Gasteiger partial charge in [-0.3, -0.25) is 4.79 Å². The number of rotatable bonds is 4. The molecule has 1 aromatic heterocycles. The van der Waals surface area contributed by atoms with Crippen LogP contribution in [-0.4, -0.2) is 29.0 Å². The highest BCUT2D eigenvalue weighted by atomic mass is 19.1. The molecule has 0 aliphatic heterocycles. The summed E-state index contributed by atoms with van der Waals surface area (Å²) in [6, 6.07) is 4.46. The molecule has 0 saturated carbocycles. The smallest absolute Gasteiger partial charge is 0.333 e. The number of fused-ring (bicyclic) bond motifs is 1. The van der Waals surface area contributed by atoms with Gasteiger partial charge in [0.05, 0.1) is 19.1 Å². The fraction of sp³-hybridized carbons (Fsp3) is 0.353. The number of hydrogen-bond acceptors (Lipinski definition) is 4. The number of nitrogens with one attached hydrogen (secondary N) is 2. The first-order chi connectivity index (χ1) is 11.6. The van der Waals surface area contributed by atoms with Gasteiger partial charge in [0.2, 0.25) is 5.91 Å². The molecule has 2 N–H and O–H groups in total. The zero-order valence-corrected chi connectivity index (χ0v) is 13.2. The number of benzene rings is 1. The molecule has 1 heterocycles. The monoisotopic (exact) mass is 331 g/mol. The number of nitrogens with zero attached hydrogens (tertiary/aromatic N) is 1. The van der Waals surface area contributed by atoms with Crippen molar-refractivity contribution in [1.82, 2.24) is 15.3 Å². The van der Waals surface area contributed by atoms with E-state index in [2.05, 4.69) is 15.3 Å². The maximum absolute atomic E-state index is 13.1. The molecule has 1 amide bonds. The number of esters is 1. The summed E-state index contributed by atoms with van der Waals surface area (Å²) < 4.78 is 17.8. The summed E-state index contributed by atoms with van der Waals surface area (Å²) in [7, 11) is 1.25. The maximum atomic E-state index is 13.1. The van der Waals surface area contributed by atoms with Crippen molar-refractivity contribution in [3.05, 3.63) is 53.4 Å². The molecular weight excluding hydrogens is 313 g/mol. The predicted octanol–water partition coefficient (Wildman–Crippen LogP) is 1.68. The van der Waals surface area contributed by atoms with Gasteiger partial charge >= 0.3 is 5.97 Å². The zero-order chi connectivity index (χ0) is 17.1. The Kier molecular flexibility index (Phi) is 4.59. The Morgan fingerprint density at radius 3 is 2.83 bits per heavy atom. The second-order valence-electron chi connectivity index (χ2n) is 5.78. The van der Waals surface area contributed by atoms with Crippen molar-refractivity contribution in [2.24, 2.45) is 5.92 Å². The van der Waals surface area contributed by atoms with E-state index in [0.717, 1.165) is 17.8 Å². The minimum Gasteiger partial charge on any atom is -0.467 e. The molecule has 1 aliphatic carbocycles. The molecule has 2 aromatic rings. The zero-order valence-electron chi connectivity index (χ0n) is 13.2. The summed E-state index contributed by atoms with van der Waals surface area (Å²) in [4.78, 5) is 31.9. The Morgan fingerprint density at radius 2 is 2.12 bits per heavy atom. The highest BCUT2D eigenvalue weighted by molar-refractivity contribution is 5.86. The van der Waals surface area contributed by atoms with Crippen LogP contribution in [0, 0.1) is 11.7 Å². The molecule has 3 rings (SSSR count). The molecule has 1 aromatic carbocycles. The Labute approximate surface area is 138 Å². The van der Waals surface area contributed by atoms with E-state index in [4.69, 9.17) is 4.74 Å². The van der Waals surface area contributed by atoms with Gasteiger partial charge in [-0.1, -0.05) is 12.1 Å². The minimum atomic E-state index is -0.953. The number of halogens is 1. The van der Waals surface area contributed by atoms with Gasteiger partial charge in [-0.25, -0.2) is 14.2 Å². The quantitative estimate of drug-likeness (QED) is 0.835. The molecule has 0 saturated heterocycles. The summed E-state index contributed by atoms with van der Waals surface area (Å²) in [5.41, 5.74) is 2.43. The fourth-order valence-corrected chi connectivity index (χ4v) is 2.94. The average molecular weight is 331 g/mol. The first-order valence-corrected chi connectivity index (χ1v) is 7.73. The molecule has 7 heteroatoms. The number of carbonyl (C=O) groups is 2. The summed E-state index contributed by atoms with van der Waals surface area (Å²) >= 11 is 0. The van der Waals surface area contributed by atoms with Crippen LogP contribution in [0.15, 0.2) is 30.6 Å². The Morgan fingerprint density at radius 1 is 1.38 bits per heavy atom. The third-order valence-electron chi connectivity index (χ3n) is 4.29. The molecule has 0 radical (unpaired) electrons. The van der Waals surface area contributed by atoms with Crippen molar-refractivity contribution in [2.75, 3.05) is 7.11 Å². The predicted molar refractivity (Wildman–Crippen MR) is 83.4 cm³/mol. The van der Waals surface area contributed by atoms with Crippen LogP contribution in [-0.2, 0) is 27.2 Å². The highest BCUT2D eigenvalue weighted by Gasteiger charge is 2.30. The fourth-order valence-electron chi connectivity index (χ4n) is 2.94. The number of methoxy groups -OCH3 is 1. The van der Waals surface area contributed by atoms with Crippen LogP contribution in [0.4, 0.5) is 4.39 Å². The Balaban J connectivity index is 1.74. The second-order valence-corrected chi connectivity index (χ2v) is 5.78. The van der Waals surface area contributed by atoms with Crippen LogP contribution in [0.2, 0.25) is 0 Å². The van der Waals surface area contributed by atoms with Gasteiger partial charge in [0.15, 0.2) is 6.04 Å². The number of ether oxygens (including phenoxy) is 1. The summed E-state index contributed by atoms with van der Waals surface area (Å²) in [6.45, 7) is 0. The third-order valence-corrected chi connectivity index (χ3v) is 4.29. The maximum Gasteiger partial charge on any atom is 0.333 e. The lowest BCUT2D eigenvalue weighted by atomic mass is 9.89. The molecule has 2 unspecified atom stereocenters. The summed E-state index contributed by atoms with van der Waals surface area (Å²) in [5, 5.41) is 2.73. The van der Waals surface area contributed by atoms with Gasteiger partial charge in [0, 0.05) is 18.0 Å². The lowest BCUT2D eigenvalue weighted by molar-refractivity contribution is -0.145. The van der Waals surface area contributed by atoms with Crippen LogP contribution in [0.25, 0.3) is 0 Å². The topological polar surface area (TPSA) is 84.1 Å². The summed E-state index contributed by atoms with van der Waals surface area (Å²) in [6.07, 6.45) is 3.57. The lowest BCUT2D eigenvalue weighted by Crippen LogP contribution is -2.40. The number of H-pyrrole nitrogens is 1. The van der Waals surface area contributed by atoms with Crippen LogP contribution < -0.4 is 5.32 Å². The van der Waals surface area contributed by atoms with E-state index >= 15 is 0 Å². The van der Waals surface area contributed by atoms with E-state index in [1.54, 1.807) is 6.33 Å². The molecular formula is C17H18FN3O3. The molecule has 6 nitrogen and oxygen atoms in total. The van der Waals surface area contributed by atoms with Crippen LogP contribution in [0.1, 0.15) is 29.4 Å². The van der Waals surface area contributed by atoms with E-state index < -0.39 is 17.8 Å². The van der Waals surface area contributed by atoms with Crippen molar-refractivity contribution in [1.29, 1.82) is 0 Å². The van der Waals surface area contributed by atoms with Gasteiger partial charge in [-0.2, -0.15) is 0 Å². The lowest BCUT2D eigenvalue weighted by Gasteiger charge is -2.24. The third kappa shape index (κ3) is 3.29.